The van der Waals surface area contributed by atoms with Crippen molar-refractivity contribution in [3.05, 3.63) is 11.1 Å². The van der Waals surface area contributed by atoms with Crippen LogP contribution in [-0.2, 0) is 19.1 Å². The second kappa shape index (κ2) is 9.05. The minimum atomic E-state index is -0.378. The highest BCUT2D eigenvalue weighted by Crippen LogP contribution is 2.37. The number of hydrogen-bond donors (Lipinski definition) is 0. The van der Waals surface area contributed by atoms with E-state index in [-0.39, 0.29) is 36.0 Å². The van der Waals surface area contributed by atoms with Crippen LogP contribution in [0.4, 0.5) is 0 Å². The van der Waals surface area contributed by atoms with Crippen molar-refractivity contribution in [2.45, 2.75) is 103 Å². The van der Waals surface area contributed by atoms with Crippen molar-refractivity contribution in [2.24, 2.45) is 11.8 Å². The molecule has 146 valence electrons. The van der Waals surface area contributed by atoms with Gasteiger partial charge in [0.1, 0.15) is 12.2 Å². The van der Waals surface area contributed by atoms with Gasteiger partial charge in [-0.25, -0.2) is 0 Å². The van der Waals surface area contributed by atoms with Gasteiger partial charge >= 0.3 is 11.9 Å². The van der Waals surface area contributed by atoms with Gasteiger partial charge in [0, 0.05) is 0 Å². The number of allylic oxidation sites excluding steroid dienone is 2. The zero-order chi connectivity index (χ0) is 18.5. The van der Waals surface area contributed by atoms with E-state index < -0.39 is 0 Å². The van der Waals surface area contributed by atoms with Crippen LogP contribution in [0.2, 0.25) is 0 Å². The van der Waals surface area contributed by atoms with E-state index in [9.17, 15) is 9.59 Å². The topological polar surface area (TPSA) is 52.6 Å². The molecule has 2 atom stereocenters. The number of carbonyl (C=O) groups excluding carboxylic acids is 2. The normalized spacial score (nSPS) is 28.7. The van der Waals surface area contributed by atoms with Gasteiger partial charge in [0.2, 0.25) is 0 Å². The zero-order valence-corrected chi connectivity index (χ0v) is 16.4. The standard InChI is InChI=1S/C22H34O4/c1-15-13-19(21(23)25-17-9-5-3-6-10-17)20(14-16(15)2)22(24)26-18-11-7-4-8-12-18/h17-20H,3-14H2,1-2H3. The van der Waals surface area contributed by atoms with Gasteiger partial charge in [0.05, 0.1) is 11.8 Å². The van der Waals surface area contributed by atoms with E-state index in [1.165, 1.54) is 24.0 Å². The highest BCUT2D eigenvalue weighted by molar-refractivity contribution is 5.83. The molecular weight excluding hydrogens is 328 g/mol. The van der Waals surface area contributed by atoms with Crippen LogP contribution < -0.4 is 0 Å². The molecule has 4 nitrogen and oxygen atoms in total. The Balaban J connectivity index is 1.65. The second-order valence-corrected chi connectivity index (χ2v) is 8.58. The monoisotopic (exact) mass is 362 g/mol. The van der Waals surface area contributed by atoms with Crippen molar-refractivity contribution < 1.29 is 19.1 Å². The van der Waals surface area contributed by atoms with Crippen LogP contribution >= 0.6 is 0 Å². The lowest BCUT2D eigenvalue weighted by Crippen LogP contribution is -2.38. The third kappa shape index (κ3) is 4.89. The molecule has 0 amide bonds. The van der Waals surface area contributed by atoms with Gasteiger partial charge in [-0.3, -0.25) is 9.59 Å². The van der Waals surface area contributed by atoms with Crippen molar-refractivity contribution in [2.75, 3.05) is 0 Å². The van der Waals surface area contributed by atoms with Crippen LogP contribution in [0, 0.1) is 11.8 Å². The molecule has 0 aliphatic heterocycles. The third-order valence-corrected chi connectivity index (χ3v) is 6.54. The van der Waals surface area contributed by atoms with Crippen molar-refractivity contribution in [1.82, 2.24) is 0 Å². The fourth-order valence-electron chi connectivity index (χ4n) is 4.66. The first kappa shape index (κ1) is 19.4. The van der Waals surface area contributed by atoms with Gasteiger partial charge in [-0.15, -0.1) is 0 Å². The van der Waals surface area contributed by atoms with Crippen molar-refractivity contribution in [1.29, 1.82) is 0 Å². The Kier molecular flexibility index (Phi) is 6.77. The molecule has 2 saturated carbocycles. The van der Waals surface area contributed by atoms with Gasteiger partial charge in [0.15, 0.2) is 0 Å². The molecular formula is C22H34O4. The lowest BCUT2D eigenvalue weighted by molar-refractivity contribution is -0.168. The molecule has 0 aromatic carbocycles. The van der Waals surface area contributed by atoms with E-state index in [1.807, 2.05) is 0 Å². The number of hydrogen-bond acceptors (Lipinski definition) is 4. The summed E-state index contributed by atoms with van der Waals surface area (Å²) in [4.78, 5) is 25.7. The molecule has 2 unspecified atom stereocenters. The van der Waals surface area contributed by atoms with Gasteiger partial charge in [-0.1, -0.05) is 24.0 Å². The number of ether oxygens (including phenoxy) is 2. The van der Waals surface area contributed by atoms with Crippen LogP contribution in [0.5, 0.6) is 0 Å². The molecule has 0 heterocycles. The predicted molar refractivity (Wildman–Crippen MR) is 101 cm³/mol. The first-order valence-corrected chi connectivity index (χ1v) is 10.6. The molecule has 3 aliphatic rings. The molecule has 26 heavy (non-hydrogen) atoms. The molecule has 3 rings (SSSR count). The molecule has 0 spiro atoms. The fourth-order valence-corrected chi connectivity index (χ4v) is 4.66. The summed E-state index contributed by atoms with van der Waals surface area (Å²) in [6.07, 6.45) is 12.2. The first-order valence-electron chi connectivity index (χ1n) is 10.6. The average Bonchev–Trinajstić information content (AvgIpc) is 2.65. The van der Waals surface area contributed by atoms with E-state index in [1.54, 1.807) is 0 Å². The summed E-state index contributed by atoms with van der Waals surface area (Å²) < 4.78 is 11.6. The van der Waals surface area contributed by atoms with Crippen LogP contribution in [0.15, 0.2) is 11.1 Å². The fraction of sp³-hybridized carbons (Fsp3) is 0.818. The van der Waals surface area contributed by atoms with E-state index >= 15 is 0 Å². The van der Waals surface area contributed by atoms with Gasteiger partial charge in [-0.05, 0) is 78.1 Å². The molecule has 2 fully saturated rings. The van der Waals surface area contributed by atoms with Crippen LogP contribution in [0.25, 0.3) is 0 Å². The Morgan fingerprint density at radius 2 is 1.00 bits per heavy atom. The summed E-state index contributed by atoms with van der Waals surface area (Å²) in [5.41, 5.74) is 2.44. The number of carbonyl (C=O) groups is 2. The van der Waals surface area contributed by atoms with Crippen molar-refractivity contribution in [3.63, 3.8) is 0 Å². The molecule has 3 aliphatic carbocycles. The maximum Gasteiger partial charge on any atom is 0.310 e. The minimum Gasteiger partial charge on any atom is -0.462 e. The number of esters is 2. The highest BCUT2D eigenvalue weighted by Gasteiger charge is 2.40. The highest BCUT2D eigenvalue weighted by atomic mass is 16.6. The minimum absolute atomic E-state index is 0.0403. The Labute approximate surface area is 157 Å². The van der Waals surface area contributed by atoms with E-state index in [0.29, 0.717) is 12.8 Å². The van der Waals surface area contributed by atoms with E-state index in [4.69, 9.17) is 9.47 Å². The van der Waals surface area contributed by atoms with Crippen LogP contribution in [0.1, 0.15) is 90.9 Å². The maximum absolute atomic E-state index is 12.9. The quantitative estimate of drug-likeness (QED) is 0.516. The third-order valence-electron chi connectivity index (χ3n) is 6.54. The van der Waals surface area contributed by atoms with Gasteiger partial charge in [0.25, 0.3) is 0 Å². The SMILES string of the molecule is CC1=C(C)CC(C(=O)OC2CCCCC2)C(C(=O)OC2CCCCC2)C1. The molecule has 0 aromatic rings. The lowest BCUT2D eigenvalue weighted by Gasteiger charge is -2.33. The largest absolute Gasteiger partial charge is 0.462 e. The van der Waals surface area contributed by atoms with E-state index in [0.717, 1.165) is 51.4 Å². The summed E-state index contributed by atoms with van der Waals surface area (Å²) in [6, 6.07) is 0. The van der Waals surface area contributed by atoms with Gasteiger partial charge in [-0.2, -0.15) is 0 Å². The van der Waals surface area contributed by atoms with Crippen LogP contribution in [-0.4, -0.2) is 24.1 Å². The Morgan fingerprint density at radius 3 is 1.35 bits per heavy atom. The molecule has 0 bridgehead atoms. The lowest BCUT2D eigenvalue weighted by atomic mass is 9.76. The Bertz CT molecular complexity index is 490. The Morgan fingerprint density at radius 1 is 0.654 bits per heavy atom. The summed E-state index contributed by atoms with van der Waals surface area (Å²) >= 11 is 0. The number of rotatable bonds is 4. The predicted octanol–water partition coefficient (Wildman–Crippen LogP) is 5.10. The zero-order valence-electron chi connectivity index (χ0n) is 16.4. The van der Waals surface area contributed by atoms with Crippen molar-refractivity contribution >= 4 is 11.9 Å². The smallest absolute Gasteiger partial charge is 0.310 e. The summed E-state index contributed by atoms with van der Waals surface area (Å²) in [5, 5.41) is 0. The van der Waals surface area contributed by atoms with E-state index in [2.05, 4.69) is 13.8 Å². The Hall–Kier alpha value is -1.32. The average molecular weight is 363 g/mol. The van der Waals surface area contributed by atoms with Gasteiger partial charge < -0.3 is 9.47 Å². The van der Waals surface area contributed by atoms with Crippen LogP contribution in [0.3, 0.4) is 0 Å². The molecule has 0 radical (unpaired) electrons. The summed E-state index contributed by atoms with van der Waals surface area (Å²) in [7, 11) is 0. The summed E-state index contributed by atoms with van der Waals surface area (Å²) in [5.74, 6) is -1.13. The second-order valence-electron chi connectivity index (χ2n) is 8.58. The first-order chi connectivity index (χ1) is 12.5. The van der Waals surface area contributed by atoms with Crippen molar-refractivity contribution in [3.8, 4) is 0 Å². The molecule has 0 N–H and O–H groups in total. The molecule has 0 aromatic heterocycles. The maximum atomic E-state index is 12.9. The summed E-state index contributed by atoms with van der Waals surface area (Å²) in [6.45, 7) is 4.14. The molecule has 0 saturated heterocycles. The molecule has 4 heteroatoms.